The summed E-state index contributed by atoms with van der Waals surface area (Å²) in [6, 6.07) is 17.7. The lowest BCUT2D eigenvalue weighted by Crippen LogP contribution is -2.22. The lowest BCUT2D eigenvalue weighted by molar-refractivity contribution is -0.115. The van der Waals surface area contributed by atoms with E-state index in [1.807, 2.05) is 6.07 Å². The molecule has 0 fully saturated rings. The molecule has 3 rings (SSSR count). The third-order valence-corrected chi connectivity index (χ3v) is 3.92. The van der Waals surface area contributed by atoms with E-state index in [0.29, 0.717) is 17.1 Å². The van der Waals surface area contributed by atoms with Gasteiger partial charge in [0.15, 0.2) is 5.76 Å². The van der Waals surface area contributed by atoms with Gasteiger partial charge in [-0.2, -0.15) is 18.4 Å². The number of furan rings is 1. The molecule has 0 radical (unpaired) electrons. The third-order valence-electron chi connectivity index (χ3n) is 3.92. The summed E-state index contributed by atoms with van der Waals surface area (Å²) in [7, 11) is 0. The van der Waals surface area contributed by atoms with Gasteiger partial charge in [-0.1, -0.05) is 24.3 Å². The largest absolute Gasteiger partial charge is 0.484 e. The molecule has 0 atom stereocenters. The second-order valence-electron chi connectivity index (χ2n) is 6.13. The van der Waals surface area contributed by atoms with E-state index in [0.717, 1.165) is 0 Å². The monoisotopic (exact) mass is 415 g/mol. The van der Waals surface area contributed by atoms with E-state index in [1.165, 1.54) is 24.3 Å². The molecule has 0 aliphatic carbocycles. The minimum absolute atomic E-state index is 0.00427. The Morgan fingerprint density at radius 1 is 1.03 bits per heavy atom. The van der Waals surface area contributed by atoms with Gasteiger partial charge in [0.05, 0.1) is 16.9 Å². The number of halogens is 3. The van der Waals surface area contributed by atoms with Gasteiger partial charge in [-0.25, -0.2) is 0 Å². The van der Waals surface area contributed by atoms with Gasteiger partial charge in [0.25, 0.3) is 5.91 Å². The minimum atomic E-state index is -4.39. The van der Waals surface area contributed by atoms with Crippen LogP contribution >= 0.6 is 0 Å². The van der Waals surface area contributed by atoms with Gasteiger partial charge in [-0.3, -0.25) is 4.79 Å². The van der Waals surface area contributed by atoms with Gasteiger partial charge in [0.2, 0.25) is 0 Å². The van der Waals surface area contributed by atoms with Crippen LogP contribution in [0.25, 0.3) is 0 Å². The van der Waals surface area contributed by atoms with E-state index in [2.05, 4.69) is 10.6 Å². The molecule has 154 valence electrons. The third kappa shape index (κ3) is 5.54. The van der Waals surface area contributed by atoms with Crippen molar-refractivity contribution in [3.8, 4) is 11.8 Å². The van der Waals surface area contributed by atoms with Crippen LogP contribution in [0.1, 0.15) is 21.9 Å². The number of nitrogens with zero attached hydrogens (tertiary/aromatic N) is 1. The number of anilines is 2. The molecule has 0 aliphatic rings. The number of benzene rings is 2. The molecule has 9 heteroatoms. The molecular formula is C21H16F3N3O3. The van der Waals surface area contributed by atoms with Gasteiger partial charge in [-0.05, 0) is 36.4 Å². The van der Waals surface area contributed by atoms with Crippen LogP contribution in [0.5, 0.6) is 5.75 Å². The number of ether oxygens (including phenoxy) is 1. The Bertz CT molecular complexity index is 1070. The van der Waals surface area contributed by atoms with Gasteiger partial charge in [0, 0.05) is 0 Å². The number of carbonyl (C=O) groups is 1. The quantitative estimate of drug-likeness (QED) is 0.570. The van der Waals surface area contributed by atoms with Crippen molar-refractivity contribution in [2.75, 3.05) is 17.2 Å². The summed E-state index contributed by atoms with van der Waals surface area (Å²) >= 11 is 0. The molecule has 0 bridgehead atoms. The fourth-order valence-electron chi connectivity index (χ4n) is 2.54. The number of hydrogen-bond acceptors (Lipinski definition) is 5. The maximum absolute atomic E-state index is 12.5. The van der Waals surface area contributed by atoms with Gasteiger partial charge < -0.3 is 19.8 Å². The number of alkyl halides is 3. The Balaban J connectivity index is 1.64. The molecule has 0 unspecified atom stereocenters. The molecule has 2 N–H and O–H groups in total. The zero-order valence-electron chi connectivity index (χ0n) is 15.5. The van der Waals surface area contributed by atoms with Crippen molar-refractivity contribution in [3.05, 3.63) is 77.7 Å². The summed E-state index contributed by atoms with van der Waals surface area (Å²) in [5.74, 6) is 0.0659. The van der Waals surface area contributed by atoms with Crippen molar-refractivity contribution >= 4 is 17.3 Å². The second kappa shape index (κ2) is 9.05. The summed E-state index contributed by atoms with van der Waals surface area (Å²) < 4.78 is 48.3. The van der Waals surface area contributed by atoms with Crippen molar-refractivity contribution in [1.29, 1.82) is 5.26 Å². The molecule has 0 saturated heterocycles. The Labute approximate surface area is 169 Å². The van der Waals surface area contributed by atoms with E-state index in [4.69, 9.17) is 14.4 Å². The Morgan fingerprint density at radius 2 is 1.73 bits per heavy atom. The molecular weight excluding hydrogens is 399 g/mol. The summed E-state index contributed by atoms with van der Waals surface area (Å²) in [5.41, 5.74) is 0.681. The number of amides is 1. The van der Waals surface area contributed by atoms with E-state index in [1.54, 1.807) is 36.4 Å². The Morgan fingerprint density at radius 3 is 2.47 bits per heavy atom. The van der Waals surface area contributed by atoms with Crippen molar-refractivity contribution in [3.63, 3.8) is 0 Å². The van der Waals surface area contributed by atoms with E-state index in [9.17, 15) is 18.0 Å². The molecule has 0 saturated carbocycles. The van der Waals surface area contributed by atoms with E-state index >= 15 is 0 Å². The average molecular weight is 415 g/mol. The molecule has 1 heterocycles. The van der Waals surface area contributed by atoms with Crippen LogP contribution in [0.4, 0.5) is 24.5 Å². The molecule has 30 heavy (non-hydrogen) atoms. The highest BCUT2D eigenvalue weighted by atomic mass is 19.4. The smallest absolute Gasteiger partial charge is 0.405 e. The van der Waals surface area contributed by atoms with Crippen molar-refractivity contribution in [1.82, 2.24) is 0 Å². The zero-order chi connectivity index (χ0) is 21.6. The molecule has 1 aromatic heterocycles. The number of hydrogen-bond donors (Lipinski definition) is 2. The van der Waals surface area contributed by atoms with Crippen LogP contribution in [0.2, 0.25) is 0 Å². The number of nitriles is 1. The number of nitrogens with one attached hydrogen (secondary N) is 2. The Kier molecular flexibility index (Phi) is 6.27. The first-order valence-corrected chi connectivity index (χ1v) is 8.77. The highest BCUT2D eigenvalue weighted by Gasteiger charge is 2.27. The standard InChI is InChI=1S/C21H16F3N3O3/c22-21(23,24)13-26-16-6-2-3-7-17(16)27-20(28)19-10-9-15(30-19)12-29-18-8-4-1-5-14(18)11-25/h1-10,26H,12-13H2,(H,27,28). The molecule has 3 aromatic rings. The van der Waals surface area contributed by atoms with E-state index < -0.39 is 18.6 Å². The normalized spacial score (nSPS) is 10.9. The molecule has 6 nitrogen and oxygen atoms in total. The number of para-hydroxylation sites is 3. The topological polar surface area (TPSA) is 87.3 Å². The van der Waals surface area contributed by atoms with E-state index in [-0.39, 0.29) is 23.7 Å². The Hall–Kier alpha value is -3.93. The zero-order valence-corrected chi connectivity index (χ0v) is 15.5. The van der Waals surface area contributed by atoms with Crippen LogP contribution in [0.3, 0.4) is 0 Å². The highest BCUT2D eigenvalue weighted by Crippen LogP contribution is 2.25. The summed E-state index contributed by atoms with van der Waals surface area (Å²) in [6.07, 6.45) is -4.39. The number of carbonyl (C=O) groups excluding carboxylic acids is 1. The van der Waals surface area contributed by atoms with Gasteiger partial charge in [-0.15, -0.1) is 0 Å². The summed E-state index contributed by atoms with van der Waals surface area (Å²) in [5, 5.41) is 13.8. The molecule has 1 amide bonds. The lowest BCUT2D eigenvalue weighted by atomic mass is 10.2. The fraction of sp³-hybridized carbons (Fsp3) is 0.143. The van der Waals surface area contributed by atoms with Crippen LogP contribution in [0.15, 0.2) is 65.1 Å². The summed E-state index contributed by atoms with van der Waals surface area (Å²) in [4.78, 5) is 12.4. The lowest BCUT2D eigenvalue weighted by Gasteiger charge is -2.13. The summed E-state index contributed by atoms with van der Waals surface area (Å²) in [6.45, 7) is -1.23. The molecule has 2 aromatic carbocycles. The molecule has 0 spiro atoms. The van der Waals surface area contributed by atoms with Crippen LogP contribution in [0, 0.1) is 11.3 Å². The van der Waals surface area contributed by atoms with Gasteiger partial charge >= 0.3 is 6.18 Å². The predicted octanol–water partition coefficient (Wildman–Crippen LogP) is 4.96. The highest BCUT2D eigenvalue weighted by molar-refractivity contribution is 6.04. The van der Waals surface area contributed by atoms with Crippen LogP contribution in [-0.4, -0.2) is 18.6 Å². The maximum atomic E-state index is 12.5. The first kappa shape index (κ1) is 20.8. The van der Waals surface area contributed by atoms with Crippen molar-refractivity contribution in [2.45, 2.75) is 12.8 Å². The maximum Gasteiger partial charge on any atom is 0.405 e. The number of rotatable bonds is 7. The predicted molar refractivity (Wildman–Crippen MR) is 103 cm³/mol. The van der Waals surface area contributed by atoms with Crippen LogP contribution < -0.4 is 15.4 Å². The SMILES string of the molecule is N#Cc1ccccc1OCc1ccc(C(=O)Nc2ccccc2NCC(F)(F)F)o1. The fourth-order valence-corrected chi connectivity index (χ4v) is 2.54. The molecule has 0 aliphatic heterocycles. The minimum Gasteiger partial charge on any atom is -0.484 e. The first-order valence-electron chi connectivity index (χ1n) is 8.77. The second-order valence-corrected chi connectivity index (χ2v) is 6.13. The van der Waals surface area contributed by atoms with Crippen molar-refractivity contribution < 1.29 is 27.1 Å². The van der Waals surface area contributed by atoms with Crippen molar-refractivity contribution in [2.24, 2.45) is 0 Å². The van der Waals surface area contributed by atoms with Crippen LogP contribution in [-0.2, 0) is 6.61 Å². The van der Waals surface area contributed by atoms with Gasteiger partial charge in [0.1, 0.15) is 30.7 Å². The average Bonchev–Trinajstić information content (AvgIpc) is 3.20. The first-order chi connectivity index (χ1) is 14.4.